The van der Waals surface area contributed by atoms with E-state index in [1.807, 2.05) is 30.1 Å². The summed E-state index contributed by atoms with van der Waals surface area (Å²) < 4.78 is 5.81. The minimum Gasteiger partial charge on any atom is -0.375 e. The van der Waals surface area contributed by atoms with Crippen LogP contribution in [0.5, 0.6) is 0 Å². The zero-order valence-corrected chi connectivity index (χ0v) is 12.9. The first-order valence-electron chi connectivity index (χ1n) is 7.81. The third-order valence-corrected chi connectivity index (χ3v) is 4.48. The summed E-state index contributed by atoms with van der Waals surface area (Å²) in [5.74, 6) is 0.229. The van der Waals surface area contributed by atoms with Crippen LogP contribution in [0.25, 0.3) is 0 Å². The molecule has 1 saturated heterocycles. The van der Waals surface area contributed by atoms with Gasteiger partial charge in [0.25, 0.3) is 0 Å². The van der Waals surface area contributed by atoms with Gasteiger partial charge in [0.15, 0.2) is 0 Å². The summed E-state index contributed by atoms with van der Waals surface area (Å²) in [6, 6.07) is 11.0. The molecule has 4 nitrogen and oxygen atoms in total. The van der Waals surface area contributed by atoms with Crippen molar-refractivity contribution in [1.29, 1.82) is 0 Å². The lowest BCUT2D eigenvalue weighted by Crippen LogP contribution is -2.48. The first-order valence-corrected chi connectivity index (χ1v) is 7.81. The molecule has 0 radical (unpaired) electrons. The van der Waals surface area contributed by atoms with Gasteiger partial charge in [-0.3, -0.25) is 9.69 Å². The Bertz CT molecular complexity index is 487. The second-order valence-corrected chi connectivity index (χ2v) is 6.24. The molecule has 21 heavy (non-hydrogen) atoms. The molecule has 2 aliphatic rings. The van der Waals surface area contributed by atoms with Gasteiger partial charge in [-0.15, -0.1) is 0 Å². The molecule has 1 aromatic rings. The predicted octanol–water partition coefficient (Wildman–Crippen LogP) is 2.07. The van der Waals surface area contributed by atoms with Gasteiger partial charge in [-0.2, -0.15) is 0 Å². The highest BCUT2D eigenvalue weighted by Crippen LogP contribution is 2.28. The lowest BCUT2D eigenvalue weighted by atomic mass is 10.0. The number of nitrogens with zero attached hydrogens (tertiary/aromatic N) is 2. The van der Waals surface area contributed by atoms with Crippen molar-refractivity contribution in [3.8, 4) is 0 Å². The van der Waals surface area contributed by atoms with Crippen molar-refractivity contribution in [3.63, 3.8) is 0 Å². The van der Waals surface area contributed by atoms with Crippen LogP contribution in [-0.4, -0.2) is 54.6 Å². The molecule has 1 aliphatic carbocycles. The van der Waals surface area contributed by atoms with E-state index in [2.05, 4.69) is 24.0 Å². The van der Waals surface area contributed by atoms with Crippen molar-refractivity contribution in [1.82, 2.24) is 9.80 Å². The van der Waals surface area contributed by atoms with Crippen LogP contribution in [0, 0.1) is 0 Å². The number of benzene rings is 1. The summed E-state index contributed by atoms with van der Waals surface area (Å²) in [7, 11) is 1.93. The highest BCUT2D eigenvalue weighted by atomic mass is 16.5. The van der Waals surface area contributed by atoms with E-state index >= 15 is 0 Å². The van der Waals surface area contributed by atoms with Gasteiger partial charge in [-0.1, -0.05) is 30.3 Å². The van der Waals surface area contributed by atoms with Crippen LogP contribution in [0.15, 0.2) is 30.3 Å². The van der Waals surface area contributed by atoms with Crippen molar-refractivity contribution in [2.24, 2.45) is 0 Å². The molecule has 4 heteroatoms. The summed E-state index contributed by atoms with van der Waals surface area (Å²) in [5.41, 5.74) is 1.23. The van der Waals surface area contributed by atoms with Crippen LogP contribution in [0.4, 0.5) is 0 Å². The molecule has 0 N–H and O–H groups in total. The van der Waals surface area contributed by atoms with E-state index in [0.29, 0.717) is 19.2 Å². The molecule has 3 rings (SSSR count). The normalized spacial score (nSPS) is 26.6. The smallest absolute Gasteiger partial charge is 0.236 e. The number of ether oxygens (including phenoxy) is 1. The third-order valence-electron chi connectivity index (χ3n) is 4.48. The average molecular weight is 288 g/mol. The van der Waals surface area contributed by atoms with Gasteiger partial charge < -0.3 is 9.64 Å². The van der Waals surface area contributed by atoms with Crippen LogP contribution < -0.4 is 0 Å². The maximum absolute atomic E-state index is 12.4. The summed E-state index contributed by atoms with van der Waals surface area (Å²) in [6.45, 7) is 4.03. The Morgan fingerprint density at radius 3 is 2.71 bits per heavy atom. The molecule has 1 heterocycles. The fourth-order valence-electron chi connectivity index (χ4n) is 2.98. The van der Waals surface area contributed by atoms with Gasteiger partial charge >= 0.3 is 0 Å². The number of carbonyl (C=O) groups excluding carboxylic acids is 1. The molecule has 1 saturated carbocycles. The number of rotatable bonds is 4. The van der Waals surface area contributed by atoms with Crippen LogP contribution in [0.2, 0.25) is 0 Å². The second-order valence-electron chi connectivity index (χ2n) is 6.24. The van der Waals surface area contributed by atoms with Crippen LogP contribution in [-0.2, 0) is 9.53 Å². The largest absolute Gasteiger partial charge is 0.375 e. The van der Waals surface area contributed by atoms with Crippen LogP contribution >= 0.6 is 0 Å². The van der Waals surface area contributed by atoms with Crippen molar-refractivity contribution in [3.05, 3.63) is 35.9 Å². The summed E-state index contributed by atoms with van der Waals surface area (Å²) in [5, 5.41) is 0. The number of amides is 1. The lowest BCUT2D eigenvalue weighted by molar-refractivity contribution is -0.135. The zero-order chi connectivity index (χ0) is 14.8. The van der Waals surface area contributed by atoms with E-state index in [4.69, 9.17) is 4.74 Å². The molecule has 0 bridgehead atoms. The number of morpholine rings is 1. The van der Waals surface area contributed by atoms with E-state index in [-0.39, 0.29) is 18.1 Å². The third kappa shape index (κ3) is 3.44. The number of carbonyl (C=O) groups is 1. The van der Waals surface area contributed by atoms with E-state index in [1.54, 1.807) is 0 Å². The Balaban J connectivity index is 1.70. The Morgan fingerprint density at radius 2 is 2.05 bits per heavy atom. The van der Waals surface area contributed by atoms with Crippen molar-refractivity contribution in [2.75, 3.05) is 26.7 Å². The van der Waals surface area contributed by atoms with E-state index < -0.39 is 0 Å². The Kier molecular flexibility index (Phi) is 4.27. The lowest BCUT2D eigenvalue weighted by Gasteiger charge is -2.39. The minimum atomic E-state index is 0.180. The molecule has 1 amide bonds. The van der Waals surface area contributed by atoms with Gasteiger partial charge in [0.1, 0.15) is 0 Å². The van der Waals surface area contributed by atoms with Gasteiger partial charge in [0.05, 0.1) is 25.3 Å². The highest BCUT2D eigenvalue weighted by molar-refractivity contribution is 5.78. The SMILES string of the molecule is CC1CN(CC(=O)N(C)C2CC2)C(c2ccccc2)CO1. The molecule has 2 fully saturated rings. The molecule has 114 valence electrons. The molecule has 1 aromatic carbocycles. The Labute approximate surface area is 126 Å². The second kappa shape index (κ2) is 6.16. The van der Waals surface area contributed by atoms with Gasteiger partial charge in [-0.05, 0) is 25.3 Å². The van der Waals surface area contributed by atoms with Gasteiger partial charge in [-0.25, -0.2) is 0 Å². The van der Waals surface area contributed by atoms with Crippen LogP contribution in [0.1, 0.15) is 31.4 Å². The molecule has 0 spiro atoms. The molecule has 0 aromatic heterocycles. The first kappa shape index (κ1) is 14.5. The van der Waals surface area contributed by atoms with Gasteiger partial charge in [0.2, 0.25) is 5.91 Å². The minimum absolute atomic E-state index is 0.180. The highest BCUT2D eigenvalue weighted by Gasteiger charge is 2.33. The fourth-order valence-corrected chi connectivity index (χ4v) is 2.98. The Morgan fingerprint density at radius 1 is 1.33 bits per heavy atom. The van der Waals surface area contributed by atoms with E-state index in [9.17, 15) is 4.79 Å². The number of hydrogen-bond donors (Lipinski definition) is 0. The van der Waals surface area contributed by atoms with Crippen molar-refractivity contribution >= 4 is 5.91 Å². The maximum Gasteiger partial charge on any atom is 0.236 e. The average Bonchev–Trinajstić information content (AvgIpc) is 3.32. The standard InChI is InChI=1S/C17H24N2O2/c1-13-10-19(11-17(20)18(2)15-8-9-15)16(12-21-13)14-6-4-3-5-7-14/h3-7,13,15-16H,8-12H2,1-2H3. The summed E-state index contributed by atoms with van der Waals surface area (Å²) in [6.07, 6.45) is 2.50. The zero-order valence-electron chi connectivity index (χ0n) is 12.9. The van der Waals surface area contributed by atoms with Crippen LogP contribution in [0.3, 0.4) is 0 Å². The molecular weight excluding hydrogens is 264 g/mol. The van der Waals surface area contributed by atoms with E-state index in [0.717, 1.165) is 19.4 Å². The first-order chi connectivity index (χ1) is 10.1. The molecule has 2 atom stereocenters. The molecule has 1 aliphatic heterocycles. The molecule has 2 unspecified atom stereocenters. The Hall–Kier alpha value is -1.39. The summed E-state index contributed by atoms with van der Waals surface area (Å²) in [4.78, 5) is 16.6. The molecular formula is C17H24N2O2. The van der Waals surface area contributed by atoms with Crippen molar-refractivity contribution in [2.45, 2.75) is 38.0 Å². The summed E-state index contributed by atoms with van der Waals surface area (Å²) >= 11 is 0. The number of hydrogen-bond acceptors (Lipinski definition) is 3. The fraction of sp³-hybridized carbons (Fsp3) is 0.588. The predicted molar refractivity (Wildman–Crippen MR) is 82.0 cm³/mol. The van der Waals surface area contributed by atoms with E-state index in [1.165, 1.54) is 5.56 Å². The van der Waals surface area contributed by atoms with Crippen molar-refractivity contribution < 1.29 is 9.53 Å². The monoisotopic (exact) mass is 288 g/mol. The number of likely N-dealkylation sites (N-methyl/N-ethyl adjacent to an activating group) is 1. The van der Waals surface area contributed by atoms with Gasteiger partial charge in [0, 0.05) is 19.6 Å². The maximum atomic E-state index is 12.4. The topological polar surface area (TPSA) is 32.8 Å². The quantitative estimate of drug-likeness (QED) is 0.850.